The number of halogens is 5. The van der Waals surface area contributed by atoms with Crippen LogP contribution in [0.15, 0.2) is 48.7 Å². The molecule has 1 fully saturated rings. The third kappa shape index (κ3) is 4.41. The van der Waals surface area contributed by atoms with Gasteiger partial charge in [0.1, 0.15) is 5.82 Å². The molecule has 1 N–H and O–H groups in total. The van der Waals surface area contributed by atoms with Crippen LogP contribution >= 0.6 is 0 Å². The smallest absolute Gasteiger partial charge is 0.314 e. The van der Waals surface area contributed by atoms with Crippen molar-refractivity contribution in [1.82, 2.24) is 4.90 Å². The molecule has 3 nitrogen and oxygen atoms in total. The molecule has 1 heterocycles. The lowest BCUT2D eigenvalue weighted by Crippen LogP contribution is -2.36. The largest absolute Gasteiger partial charge is 0.370 e. The van der Waals surface area contributed by atoms with E-state index in [1.807, 2.05) is 0 Å². The molecule has 0 saturated carbocycles. The molecule has 0 unspecified atom stereocenters. The summed E-state index contributed by atoms with van der Waals surface area (Å²) in [7, 11) is 0. The summed E-state index contributed by atoms with van der Waals surface area (Å²) in [5.41, 5.74) is -1.80. The summed E-state index contributed by atoms with van der Waals surface area (Å²) < 4.78 is 70.4. The van der Waals surface area contributed by atoms with Crippen LogP contribution in [-0.2, 0) is 5.92 Å². The monoisotopic (exact) mass is 410 g/mol. The number of benzene rings is 2. The Morgan fingerprint density at radius 1 is 0.931 bits per heavy atom. The molecule has 154 valence electrons. The number of rotatable bonds is 5. The zero-order chi connectivity index (χ0) is 21.2. The Morgan fingerprint density at radius 2 is 1.59 bits per heavy atom. The van der Waals surface area contributed by atoms with Crippen molar-refractivity contribution in [1.29, 1.82) is 0 Å². The molecule has 1 aliphatic heterocycles. The Kier molecular flexibility index (Phi) is 5.91. The predicted molar refractivity (Wildman–Crippen MR) is 99.2 cm³/mol. The standard InChI is InChI=1S/C21H19F5N2O/c1-13(28-9-3-2-4-10-28)21(25,26)16-11-14(5-7-17(16)22)20(29)27-15-6-8-18(23)19(24)12-15/h5-8,11-12H,1-4,9-10H2,(H,27,29). The van der Waals surface area contributed by atoms with Gasteiger partial charge in [-0.05, 0) is 49.6 Å². The van der Waals surface area contributed by atoms with Crippen molar-refractivity contribution < 1.29 is 26.7 Å². The Labute approximate surface area is 164 Å². The van der Waals surface area contributed by atoms with Crippen LogP contribution in [0.3, 0.4) is 0 Å². The fourth-order valence-corrected chi connectivity index (χ4v) is 3.20. The van der Waals surface area contributed by atoms with E-state index < -0.39 is 40.5 Å². The maximum Gasteiger partial charge on any atom is 0.314 e. The molecular formula is C21H19F5N2O. The summed E-state index contributed by atoms with van der Waals surface area (Å²) in [6, 6.07) is 5.25. The van der Waals surface area contributed by atoms with Gasteiger partial charge in [-0.3, -0.25) is 4.79 Å². The van der Waals surface area contributed by atoms with Crippen molar-refractivity contribution in [2.24, 2.45) is 0 Å². The van der Waals surface area contributed by atoms with Crippen LogP contribution in [0.4, 0.5) is 27.6 Å². The van der Waals surface area contributed by atoms with E-state index in [2.05, 4.69) is 11.9 Å². The van der Waals surface area contributed by atoms with Gasteiger partial charge in [-0.1, -0.05) is 6.58 Å². The van der Waals surface area contributed by atoms with Gasteiger partial charge >= 0.3 is 5.92 Å². The summed E-state index contributed by atoms with van der Waals surface area (Å²) in [5, 5.41) is 2.27. The number of carbonyl (C=O) groups excluding carboxylic acids is 1. The van der Waals surface area contributed by atoms with Crippen molar-refractivity contribution in [3.63, 3.8) is 0 Å². The van der Waals surface area contributed by atoms with Gasteiger partial charge < -0.3 is 10.2 Å². The molecule has 3 rings (SSSR count). The van der Waals surface area contributed by atoms with E-state index in [1.54, 1.807) is 0 Å². The second kappa shape index (κ2) is 8.23. The quantitative estimate of drug-likeness (QED) is 0.665. The van der Waals surface area contributed by atoms with Crippen LogP contribution in [0.5, 0.6) is 0 Å². The molecule has 0 aromatic heterocycles. The van der Waals surface area contributed by atoms with Gasteiger partial charge in [-0.2, -0.15) is 8.78 Å². The number of alkyl halides is 2. The molecule has 2 aromatic carbocycles. The molecule has 1 amide bonds. The molecule has 0 atom stereocenters. The van der Waals surface area contributed by atoms with Gasteiger partial charge in [-0.25, -0.2) is 13.2 Å². The van der Waals surface area contributed by atoms with Crippen molar-refractivity contribution in [2.75, 3.05) is 18.4 Å². The minimum atomic E-state index is -3.71. The normalized spacial score (nSPS) is 14.6. The Morgan fingerprint density at radius 3 is 2.24 bits per heavy atom. The summed E-state index contributed by atoms with van der Waals surface area (Å²) >= 11 is 0. The van der Waals surface area contributed by atoms with Crippen LogP contribution in [0, 0.1) is 17.5 Å². The lowest BCUT2D eigenvalue weighted by Gasteiger charge is -2.34. The molecule has 0 spiro atoms. The van der Waals surface area contributed by atoms with E-state index in [4.69, 9.17) is 0 Å². The van der Waals surface area contributed by atoms with Gasteiger partial charge in [0.2, 0.25) is 0 Å². The Hall–Kier alpha value is -2.90. The van der Waals surface area contributed by atoms with E-state index in [1.165, 1.54) is 4.90 Å². The first-order valence-corrected chi connectivity index (χ1v) is 9.08. The number of likely N-dealkylation sites (tertiary alicyclic amines) is 1. The number of nitrogens with one attached hydrogen (secondary N) is 1. The van der Waals surface area contributed by atoms with Crippen LogP contribution < -0.4 is 5.32 Å². The minimum Gasteiger partial charge on any atom is -0.370 e. The number of anilines is 1. The van der Waals surface area contributed by atoms with Crippen molar-refractivity contribution in [2.45, 2.75) is 25.2 Å². The average molecular weight is 410 g/mol. The Bertz CT molecular complexity index is 939. The second-order valence-corrected chi connectivity index (χ2v) is 6.85. The molecule has 0 bridgehead atoms. The van der Waals surface area contributed by atoms with E-state index in [0.717, 1.165) is 55.7 Å². The fraction of sp³-hybridized carbons (Fsp3) is 0.286. The predicted octanol–water partition coefficient (Wildman–Crippen LogP) is 5.45. The lowest BCUT2D eigenvalue weighted by molar-refractivity contribution is 0.000390. The maximum atomic E-state index is 15.0. The number of hydrogen-bond acceptors (Lipinski definition) is 2. The highest BCUT2D eigenvalue weighted by Crippen LogP contribution is 2.39. The van der Waals surface area contributed by atoms with Crippen molar-refractivity contribution in [3.8, 4) is 0 Å². The van der Waals surface area contributed by atoms with Gasteiger partial charge in [-0.15, -0.1) is 0 Å². The maximum absolute atomic E-state index is 15.0. The summed E-state index contributed by atoms with van der Waals surface area (Å²) in [5.74, 6) is -8.01. The van der Waals surface area contributed by atoms with Crippen LogP contribution in [-0.4, -0.2) is 23.9 Å². The number of hydrogen-bond donors (Lipinski definition) is 1. The zero-order valence-electron chi connectivity index (χ0n) is 15.5. The van der Waals surface area contributed by atoms with Gasteiger partial charge in [0.05, 0.1) is 11.3 Å². The summed E-state index contributed by atoms with van der Waals surface area (Å²) in [6.45, 7) is 4.28. The molecule has 8 heteroatoms. The molecule has 1 aliphatic rings. The first-order valence-electron chi connectivity index (χ1n) is 9.08. The highest BCUT2D eigenvalue weighted by Gasteiger charge is 2.41. The van der Waals surface area contributed by atoms with Crippen molar-refractivity contribution >= 4 is 11.6 Å². The Balaban J connectivity index is 1.85. The van der Waals surface area contributed by atoms with E-state index in [-0.39, 0.29) is 11.3 Å². The average Bonchev–Trinajstić information content (AvgIpc) is 2.71. The number of allylic oxidation sites excluding steroid dienone is 1. The summed E-state index contributed by atoms with van der Waals surface area (Å²) in [6.07, 6.45) is 2.42. The zero-order valence-corrected chi connectivity index (χ0v) is 15.5. The first kappa shape index (κ1) is 20.8. The highest BCUT2D eigenvalue weighted by atomic mass is 19.3. The second-order valence-electron chi connectivity index (χ2n) is 6.85. The van der Waals surface area contributed by atoms with E-state index >= 15 is 0 Å². The number of carbonyl (C=O) groups is 1. The van der Waals surface area contributed by atoms with Gasteiger partial charge in [0, 0.05) is 30.4 Å². The SMILES string of the molecule is C=C(N1CCCCC1)C(F)(F)c1cc(C(=O)Nc2ccc(F)c(F)c2)ccc1F. The number of nitrogens with zero attached hydrogens (tertiary/aromatic N) is 1. The molecular weight excluding hydrogens is 391 g/mol. The van der Waals surface area contributed by atoms with Crippen LogP contribution in [0.1, 0.15) is 35.2 Å². The first-order chi connectivity index (χ1) is 13.7. The molecule has 29 heavy (non-hydrogen) atoms. The molecule has 2 aromatic rings. The van der Waals surface area contributed by atoms with Crippen molar-refractivity contribution in [3.05, 3.63) is 77.3 Å². The van der Waals surface area contributed by atoms with Crippen LogP contribution in [0.2, 0.25) is 0 Å². The highest BCUT2D eigenvalue weighted by molar-refractivity contribution is 6.04. The van der Waals surface area contributed by atoms with Gasteiger partial charge in [0.25, 0.3) is 5.91 Å². The van der Waals surface area contributed by atoms with E-state index in [9.17, 15) is 26.7 Å². The van der Waals surface area contributed by atoms with Gasteiger partial charge in [0.15, 0.2) is 11.6 Å². The van der Waals surface area contributed by atoms with E-state index in [0.29, 0.717) is 13.1 Å². The molecule has 0 aliphatic carbocycles. The fourth-order valence-electron chi connectivity index (χ4n) is 3.20. The summed E-state index contributed by atoms with van der Waals surface area (Å²) in [4.78, 5) is 13.8. The molecule has 0 radical (unpaired) electrons. The number of amides is 1. The van der Waals surface area contributed by atoms with Crippen LogP contribution in [0.25, 0.3) is 0 Å². The third-order valence-corrected chi connectivity index (χ3v) is 4.84. The lowest BCUT2D eigenvalue weighted by atomic mass is 10.00. The minimum absolute atomic E-state index is 0.0655. The topological polar surface area (TPSA) is 32.3 Å². The third-order valence-electron chi connectivity index (χ3n) is 4.84. The number of piperidine rings is 1. The molecule has 1 saturated heterocycles.